The van der Waals surface area contributed by atoms with E-state index in [2.05, 4.69) is 42.6 Å². The summed E-state index contributed by atoms with van der Waals surface area (Å²) in [6.45, 7) is 7.07. The smallest absolute Gasteiger partial charge is 0.140 e. The highest BCUT2D eigenvalue weighted by Gasteiger charge is 2.18. The van der Waals surface area contributed by atoms with Crippen LogP contribution in [0.4, 0.5) is 0 Å². The molecular weight excluding hydrogens is 186 g/mol. The number of hydrogen-bond acceptors (Lipinski definition) is 2. The number of nitrogens with two attached hydrogens (primary N) is 1. The Morgan fingerprint density at radius 2 is 2.13 bits per heavy atom. The Labute approximate surface area is 89.9 Å². The Hall–Kier alpha value is -1.35. The molecule has 0 radical (unpaired) electrons. The maximum absolute atomic E-state index is 5.73. The van der Waals surface area contributed by atoms with Gasteiger partial charge in [0.2, 0.25) is 0 Å². The molecule has 0 aliphatic carbocycles. The molecule has 0 aliphatic heterocycles. The molecule has 3 nitrogen and oxygen atoms in total. The van der Waals surface area contributed by atoms with E-state index in [4.69, 9.17) is 5.73 Å². The first-order chi connectivity index (χ1) is 7.04. The molecule has 2 rings (SSSR count). The Balaban J connectivity index is 2.76. The first kappa shape index (κ1) is 10.2. The van der Waals surface area contributed by atoms with Crippen LogP contribution in [0, 0.1) is 0 Å². The summed E-state index contributed by atoms with van der Waals surface area (Å²) in [5, 5.41) is 1.16. The quantitative estimate of drug-likeness (QED) is 0.772. The van der Waals surface area contributed by atoms with Crippen molar-refractivity contribution in [2.75, 3.05) is 0 Å². The number of fused-ring (bicyclic) bond motifs is 1. The summed E-state index contributed by atoms with van der Waals surface area (Å²) in [5.74, 6) is 0. The molecular formula is C12H17N3. The van der Waals surface area contributed by atoms with Gasteiger partial charge in [-0.15, -0.1) is 0 Å². The summed E-state index contributed by atoms with van der Waals surface area (Å²) in [7, 11) is 0. The lowest BCUT2D eigenvalue weighted by Gasteiger charge is -2.21. The first-order valence-corrected chi connectivity index (χ1v) is 5.19. The van der Waals surface area contributed by atoms with Gasteiger partial charge in [-0.25, -0.2) is 4.98 Å². The van der Waals surface area contributed by atoms with Crippen molar-refractivity contribution in [3.05, 3.63) is 30.1 Å². The van der Waals surface area contributed by atoms with Crippen LogP contribution < -0.4 is 5.73 Å². The maximum Gasteiger partial charge on any atom is 0.140 e. The van der Waals surface area contributed by atoms with E-state index in [1.165, 1.54) is 0 Å². The zero-order valence-corrected chi connectivity index (χ0v) is 9.49. The summed E-state index contributed by atoms with van der Waals surface area (Å²) >= 11 is 0. The van der Waals surface area contributed by atoms with E-state index in [0.29, 0.717) is 6.54 Å². The molecule has 0 saturated carbocycles. The van der Waals surface area contributed by atoms with Crippen LogP contribution in [0.3, 0.4) is 0 Å². The predicted molar refractivity (Wildman–Crippen MR) is 62.6 cm³/mol. The fourth-order valence-electron chi connectivity index (χ4n) is 1.80. The molecule has 0 aliphatic rings. The minimum absolute atomic E-state index is 0.0417. The molecule has 2 heterocycles. The van der Waals surface area contributed by atoms with Gasteiger partial charge < -0.3 is 10.3 Å². The lowest BCUT2D eigenvalue weighted by Crippen LogP contribution is -2.20. The lowest BCUT2D eigenvalue weighted by molar-refractivity contribution is 0.408. The first-order valence-electron chi connectivity index (χ1n) is 5.19. The fourth-order valence-corrected chi connectivity index (χ4v) is 1.80. The number of rotatable bonds is 1. The van der Waals surface area contributed by atoms with Gasteiger partial charge in [0.1, 0.15) is 5.65 Å². The molecule has 0 spiro atoms. The zero-order chi connectivity index (χ0) is 11.1. The molecule has 2 aromatic rings. The number of hydrogen-bond donors (Lipinski definition) is 1. The van der Waals surface area contributed by atoms with E-state index in [9.17, 15) is 0 Å². The topological polar surface area (TPSA) is 43.8 Å². The molecule has 0 unspecified atom stereocenters. The molecule has 0 bridgehead atoms. The summed E-state index contributed by atoms with van der Waals surface area (Å²) in [6, 6.07) is 4.03. The summed E-state index contributed by atoms with van der Waals surface area (Å²) in [6.07, 6.45) is 3.93. The molecule has 80 valence electrons. The predicted octanol–water partition coefficient (Wildman–Crippen LogP) is 2.25. The van der Waals surface area contributed by atoms with Gasteiger partial charge in [0, 0.05) is 29.9 Å². The Kier molecular flexibility index (Phi) is 2.27. The summed E-state index contributed by atoms with van der Waals surface area (Å²) < 4.78 is 2.19. The van der Waals surface area contributed by atoms with Crippen LogP contribution in [0.2, 0.25) is 0 Å². The molecule has 3 heteroatoms. The van der Waals surface area contributed by atoms with Gasteiger partial charge in [0.15, 0.2) is 0 Å². The molecule has 15 heavy (non-hydrogen) atoms. The van der Waals surface area contributed by atoms with Crippen LogP contribution in [-0.2, 0) is 12.1 Å². The number of aromatic nitrogens is 2. The van der Waals surface area contributed by atoms with Gasteiger partial charge in [-0.1, -0.05) is 0 Å². The van der Waals surface area contributed by atoms with Gasteiger partial charge in [-0.2, -0.15) is 0 Å². The second-order valence-corrected chi connectivity index (χ2v) is 4.77. The van der Waals surface area contributed by atoms with Gasteiger partial charge in [0.25, 0.3) is 0 Å². The van der Waals surface area contributed by atoms with Crippen LogP contribution in [0.1, 0.15) is 26.3 Å². The normalized spacial score (nSPS) is 12.3. The highest BCUT2D eigenvalue weighted by atomic mass is 15.1. The van der Waals surface area contributed by atoms with E-state index in [0.717, 1.165) is 16.6 Å². The van der Waals surface area contributed by atoms with E-state index < -0.39 is 0 Å². The molecule has 2 aromatic heterocycles. The average Bonchev–Trinajstić information content (AvgIpc) is 2.55. The molecule has 0 atom stereocenters. The minimum atomic E-state index is 0.0417. The average molecular weight is 203 g/mol. The van der Waals surface area contributed by atoms with Crippen LogP contribution in [-0.4, -0.2) is 9.55 Å². The third-order valence-electron chi connectivity index (χ3n) is 2.59. The second kappa shape index (κ2) is 3.35. The zero-order valence-electron chi connectivity index (χ0n) is 9.49. The van der Waals surface area contributed by atoms with Crippen molar-refractivity contribution in [2.45, 2.75) is 32.9 Å². The van der Waals surface area contributed by atoms with Crippen LogP contribution >= 0.6 is 0 Å². The van der Waals surface area contributed by atoms with Crippen molar-refractivity contribution in [2.24, 2.45) is 5.73 Å². The van der Waals surface area contributed by atoms with Gasteiger partial charge in [-0.05, 0) is 38.5 Å². The van der Waals surface area contributed by atoms with Crippen LogP contribution in [0.25, 0.3) is 11.0 Å². The molecule has 0 aromatic carbocycles. The second-order valence-electron chi connectivity index (χ2n) is 4.77. The molecule has 0 fully saturated rings. The lowest BCUT2D eigenvalue weighted by atomic mass is 10.1. The highest BCUT2D eigenvalue weighted by molar-refractivity contribution is 5.80. The third-order valence-corrected chi connectivity index (χ3v) is 2.59. The number of pyridine rings is 1. The van der Waals surface area contributed by atoms with Crippen LogP contribution in [0.15, 0.2) is 24.5 Å². The van der Waals surface area contributed by atoms with E-state index in [-0.39, 0.29) is 5.54 Å². The maximum atomic E-state index is 5.73. The van der Waals surface area contributed by atoms with Gasteiger partial charge >= 0.3 is 0 Å². The number of nitrogens with zero attached hydrogens (tertiary/aromatic N) is 2. The standard InChI is InChI=1S/C12H17N3/c1-12(2,3)15-8-9(7-13)10-5-4-6-14-11(10)15/h4-6,8H,7,13H2,1-3H3. The largest absolute Gasteiger partial charge is 0.327 e. The van der Waals surface area contributed by atoms with Crippen LogP contribution in [0.5, 0.6) is 0 Å². The van der Waals surface area contributed by atoms with Gasteiger partial charge in [-0.3, -0.25) is 0 Å². The molecule has 2 N–H and O–H groups in total. The molecule has 0 saturated heterocycles. The SMILES string of the molecule is CC(C)(C)n1cc(CN)c2cccnc21. The van der Waals surface area contributed by atoms with Crippen molar-refractivity contribution in [3.63, 3.8) is 0 Å². The van der Waals surface area contributed by atoms with Crippen molar-refractivity contribution >= 4 is 11.0 Å². The van der Waals surface area contributed by atoms with E-state index in [1.807, 2.05) is 12.3 Å². The van der Waals surface area contributed by atoms with E-state index >= 15 is 0 Å². The third kappa shape index (κ3) is 1.63. The van der Waals surface area contributed by atoms with Crippen molar-refractivity contribution < 1.29 is 0 Å². The Bertz CT molecular complexity index is 477. The highest BCUT2D eigenvalue weighted by Crippen LogP contribution is 2.25. The summed E-state index contributed by atoms with van der Waals surface area (Å²) in [5.41, 5.74) is 7.95. The Morgan fingerprint density at radius 3 is 2.73 bits per heavy atom. The Morgan fingerprint density at radius 1 is 1.40 bits per heavy atom. The van der Waals surface area contributed by atoms with Crippen molar-refractivity contribution in [1.29, 1.82) is 0 Å². The minimum Gasteiger partial charge on any atom is -0.327 e. The fraction of sp³-hybridized carbons (Fsp3) is 0.417. The summed E-state index contributed by atoms with van der Waals surface area (Å²) in [4.78, 5) is 4.42. The van der Waals surface area contributed by atoms with Gasteiger partial charge in [0.05, 0.1) is 0 Å². The van der Waals surface area contributed by atoms with Crippen molar-refractivity contribution in [3.8, 4) is 0 Å². The monoisotopic (exact) mass is 203 g/mol. The molecule has 0 amide bonds. The van der Waals surface area contributed by atoms with Crippen molar-refractivity contribution in [1.82, 2.24) is 9.55 Å². The van der Waals surface area contributed by atoms with E-state index in [1.54, 1.807) is 0 Å².